The molecule has 2 aromatic rings. The van der Waals surface area contributed by atoms with Gasteiger partial charge in [0.05, 0.1) is 34.4 Å². The second-order valence-electron chi connectivity index (χ2n) is 7.53. The normalized spacial score (nSPS) is 21.6. The summed E-state index contributed by atoms with van der Waals surface area (Å²) < 4.78 is 39.4. The summed E-state index contributed by atoms with van der Waals surface area (Å²) >= 11 is 0. The average Bonchev–Trinajstić information content (AvgIpc) is 3.36. The lowest BCUT2D eigenvalue weighted by Crippen LogP contribution is -2.11. The Morgan fingerprint density at radius 2 is 1.52 bits per heavy atom. The van der Waals surface area contributed by atoms with Crippen molar-refractivity contribution in [1.82, 2.24) is 0 Å². The van der Waals surface area contributed by atoms with E-state index in [0.29, 0.717) is 40.1 Å². The minimum absolute atomic E-state index is 0.0432. The fourth-order valence-electron chi connectivity index (χ4n) is 4.14. The van der Waals surface area contributed by atoms with E-state index in [1.54, 1.807) is 28.4 Å². The predicted octanol–water partition coefficient (Wildman–Crippen LogP) is 3.99. The zero-order chi connectivity index (χ0) is 22.3. The first-order chi connectivity index (χ1) is 14.9. The Kier molecular flexibility index (Phi) is 5.47. The topological polar surface area (TPSA) is 81.7 Å². The van der Waals surface area contributed by atoms with Crippen LogP contribution in [0.15, 0.2) is 18.2 Å². The van der Waals surface area contributed by atoms with Crippen molar-refractivity contribution in [2.75, 3.05) is 35.2 Å². The van der Waals surface area contributed by atoms with Crippen molar-refractivity contribution in [1.29, 1.82) is 0 Å². The highest BCUT2D eigenvalue weighted by atomic mass is 16.7. The van der Waals surface area contributed by atoms with Crippen LogP contribution >= 0.6 is 0 Å². The number of ether oxygens (including phenoxy) is 7. The second kappa shape index (κ2) is 8.09. The van der Waals surface area contributed by atoms with Crippen LogP contribution in [0.5, 0.6) is 34.5 Å². The maximum atomic E-state index is 12.3. The largest absolute Gasteiger partial charge is 0.493 e. The van der Waals surface area contributed by atoms with Crippen molar-refractivity contribution >= 4 is 5.97 Å². The number of rotatable bonds is 6. The van der Waals surface area contributed by atoms with Crippen LogP contribution in [0.4, 0.5) is 0 Å². The molecular weight excluding hydrogens is 404 g/mol. The van der Waals surface area contributed by atoms with Gasteiger partial charge in [-0.15, -0.1) is 0 Å². The highest BCUT2D eigenvalue weighted by Crippen LogP contribution is 2.55. The maximum absolute atomic E-state index is 12.3. The van der Waals surface area contributed by atoms with Gasteiger partial charge in [-0.1, -0.05) is 13.8 Å². The van der Waals surface area contributed by atoms with Crippen LogP contribution in [0, 0.1) is 11.8 Å². The van der Waals surface area contributed by atoms with E-state index in [4.69, 9.17) is 33.2 Å². The number of hydrogen-bond donors (Lipinski definition) is 0. The molecule has 2 aliphatic rings. The Morgan fingerprint density at radius 3 is 2.03 bits per heavy atom. The van der Waals surface area contributed by atoms with E-state index in [1.807, 2.05) is 32.0 Å². The molecule has 4 rings (SSSR count). The van der Waals surface area contributed by atoms with Crippen molar-refractivity contribution in [3.63, 3.8) is 0 Å². The molecule has 0 amide bonds. The maximum Gasteiger partial charge on any atom is 0.309 e. The number of benzene rings is 2. The molecule has 0 aliphatic carbocycles. The Bertz CT molecular complexity index is 990. The van der Waals surface area contributed by atoms with Crippen molar-refractivity contribution in [3.05, 3.63) is 23.8 Å². The Morgan fingerprint density at radius 1 is 0.871 bits per heavy atom. The summed E-state index contributed by atoms with van der Waals surface area (Å²) in [6.45, 7) is 3.95. The number of cyclic esters (lactones) is 1. The van der Waals surface area contributed by atoms with E-state index >= 15 is 0 Å². The molecule has 0 aromatic heterocycles. The molecule has 8 heteroatoms. The predicted molar refractivity (Wildman–Crippen MR) is 111 cm³/mol. The SMILES string of the molecule is COc1cc(-c2c([C@@H]3OC(=O)[C@H](C)[C@@H]3C)cc3c(c2OC)OCO3)cc(OC)c1OC. The summed E-state index contributed by atoms with van der Waals surface area (Å²) in [6.07, 6.45) is -0.472. The molecule has 8 nitrogen and oxygen atoms in total. The van der Waals surface area contributed by atoms with Crippen LogP contribution in [0.25, 0.3) is 11.1 Å². The third-order valence-corrected chi connectivity index (χ3v) is 6.00. The fourth-order valence-corrected chi connectivity index (χ4v) is 4.14. The lowest BCUT2D eigenvalue weighted by Gasteiger charge is -2.23. The second-order valence-corrected chi connectivity index (χ2v) is 7.53. The Balaban J connectivity index is 2.01. The fraction of sp³-hybridized carbons (Fsp3) is 0.435. The molecule has 0 saturated carbocycles. The minimum atomic E-state index is -0.472. The molecule has 2 aromatic carbocycles. The Hall–Kier alpha value is -3.29. The molecule has 1 fully saturated rings. The number of carbonyl (C=O) groups is 1. The number of methoxy groups -OCH3 is 4. The lowest BCUT2D eigenvalue weighted by molar-refractivity contribution is -0.144. The zero-order valence-electron chi connectivity index (χ0n) is 18.4. The first-order valence-corrected chi connectivity index (χ1v) is 9.96. The third-order valence-electron chi connectivity index (χ3n) is 6.00. The summed E-state index contributed by atoms with van der Waals surface area (Å²) in [6, 6.07) is 5.52. The molecule has 0 bridgehead atoms. The highest BCUT2D eigenvalue weighted by Gasteiger charge is 2.42. The molecule has 1 saturated heterocycles. The molecule has 2 heterocycles. The van der Waals surface area contributed by atoms with E-state index in [9.17, 15) is 4.79 Å². The molecule has 0 unspecified atom stereocenters. The number of carbonyl (C=O) groups excluding carboxylic acids is 1. The summed E-state index contributed by atoms with van der Waals surface area (Å²) in [4.78, 5) is 12.3. The van der Waals surface area contributed by atoms with Crippen molar-refractivity contribution < 1.29 is 38.0 Å². The van der Waals surface area contributed by atoms with Crippen LogP contribution in [-0.4, -0.2) is 41.2 Å². The van der Waals surface area contributed by atoms with Gasteiger partial charge in [-0.05, 0) is 23.8 Å². The summed E-state index contributed by atoms with van der Waals surface area (Å²) in [5.74, 6) is 2.49. The first-order valence-electron chi connectivity index (χ1n) is 9.96. The van der Waals surface area contributed by atoms with Crippen LogP contribution in [0.1, 0.15) is 25.5 Å². The van der Waals surface area contributed by atoms with Gasteiger partial charge in [0.2, 0.25) is 18.3 Å². The van der Waals surface area contributed by atoms with E-state index in [2.05, 4.69) is 0 Å². The van der Waals surface area contributed by atoms with Crippen molar-refractivity contribution in [3.8, 4) is 45.6 Å². The summed E-state index contributed by atoms with van der Waals surface area (Å²) in [7, 11) is 6.23. The minimum Gasteiger partial charge on any atom is -0.493 e. The van der Waals surface area contributed by atoms with Crippen LogP contribution in [0.2, 0.25) is 0 Å². The van der Waals surface area contributed by atoms with Gasteiger partial charge in [-0.25, -0.2) is 0 Å². The molecule has 166 valence electrons. The van der Waals surface area contributed by atoms with Crippen LogP contribution in [-0.2, 0) is 9.53 Å². The first kappa shape index (κ1) is 21.0. The van der Waals surface area contributed by atoms with E-state index in [1.165, 1.54) is 0 Å². The van der Waals surface area contributed by atoms with Gasteiger partial charge >= 0.3 is 5.97 Å². The number of esters is 1. The van der Waals surface area contributed by atoms with Crippen LogP contribution in [0.3, 0.4) is 0 Å². The Labute approximate surface area is 180 Å². The van der Waals surface area contributed by atoms with Gasteiger partial charge in [-0.2, -0.15) is 0 Å². The molecule has 0 N–H and O–H groups in total. The quantitative estimate of drug-likeness (QED) is 0.637. The number of fused-ring (bicyclic) bond motifs is 1. The molecule has 31 heavy (non-hydrogen) atoms. The lowest BCUT2D eigenvalue weighted by atomic mass is 9.85. The average molecular weight is 430 g/mol. The zero-order valence-corrected chi connectivity index (χ0v) is 18.4. The van der Waals surface area contributed by atoms with E-state index in [-0.39, 0.29) is 24.6 Å². The van der Waals surface area contributed by atoms with Gasteiger partial charge < -0.3 is 33.2 Å². The highest BCUT2D eigenvalue weighted by molar-refractivity contribution is 5.84. The van der Waals surface area contributed by atoms with Gasteiger partial charge in [0.15, 0.2) is 23.0 Å². The molecule has 3 atom stereocenters. The molecular formula is C23H26O8. The molecule has 0 spiro atoms. The molecule has 2 aliphatic heterocycles. The monoisotopic (exact) mass is 430 g/mol. The number of hydrogen-bond acceptors (Lipinski definition) is 8. The molecule has 0 radical (unpaired) electrons. The van der Waals surface area contributed by atoms with Crippen molar-refractivity contribution in [2.24, 2.45) is 11.8 Å². The van der Waals surface area contributed by atoms with Crippen molar-refractivity contribution in [2.45, 2.75) is 20.0 Å². The summed E-state index contributed by atoms with van der Waals surface area (Å²) in [5, 5.41) is 0. The van der Waals surface area contributed by atoms with Gasteiger partial charge in [0, 0.05) is 17.0 Å². The third kappa shape index (κ3) is 3.26. The van der Waals surface area contributed by atoms with E-state index < -0.39 is 6.10 Å². The summed E-state index contributed by atoms with van der Waals surface area (Å²) in [5.41, 5.74) is 2.22. The van der Waals surface area contributed by atoms with Gasteiger partial charge in [0.1, 0.15) is 6.10 Å². The van der Waals surface area contributed by atoms with Gasteiger partial charge in [-0.3, -0.25) is 4.79 Å². The standard InChI is InChI=1S/C23H26O8/c1-11-12(2)23(24)31-19(11)14-9-17-21(30-10-29-17)22(28-6)18(14)13-7-15(25-3)20(27-5)16(8-13)26-4/h7-9,11-12,19H,10H2,1-6H3/t11-,12+,19+/m0/s1. The van der Waals surface area contributed by atoms with E-state index in [0.717, 1.165) is 11.1 Å². The van der Waals surface area contributed by atoms with Crippen LogP contribution < -0.4 is 28.4 Å². The smallest absolute Gasteiger partial charge is 0.309 e. The van der Waals surface area contributed by atoms with Gasteiger partial charge in [0.25, 0.3) is 0 Å².